The maximum Gasteiger partial charge on any atom is 0.141 e. The predicted octanol–water partition coefficient (Wildman–Crippen LogP) is 1.94. The zero-order chi connectivity index (χ0) is 10.1. The second kappa shape index (κ2) is 3.10. The van der Waals surface area contributed by atoms with Crippen LogP contribution in [0.1, 0.15) is 0 Å². The Labute approximate surface area is 78.6 Å². The molecule has 0 aliphatic heterocycles. The Bertz CT molecular complexity index is 465. The topological polar surface area (TPSA) is 54.7 Å². The summed E-state index contributed by atoms with van der Waals surface area (Å²) in [6, 6.07) is 3.15. The number of benzene rings is 1. The molecule has 2 aromatic rings. The summed E-state index contributed by atoms with van der Waals surface area (Å²) >= 11 is 0. The highest BCUT2D eigenvalue weighted by Crippen LogP contribution is 2.20. The van der Waals surface area contributed by atoms with Gasteiger partial charge in [-0.1, -0.05) is 0 Å². The molecule has 0 amide bonds. The first-order valence-corrected chi connectivity index (χ1v) is 3.93. The Morgan fingerprint density at radius 1 is 1.29 bits per heavy atom. The molecule has 0 fully saturated rings. The molecule has 0 saturated heterocycles. The lowest BCUT2D eigenvalue weighted by Crippen LogP contribution is -1.89. The SMILES string of the molecule is Nc1cnc(-c2cc(F)ccc2F)[nH]1. The number of rotatable bonds is 1. The van der Waals surface area contributed by atoms with Gasteiger partial charge in [0, 0.05) is 0 Å². The lowest BCUT2D eigenvalue weighted by atomic mass is 10.2. The Morgan fingerprint density at radius 3 is 2.71 bits per heavy atom. The van der Waals surface area contributed by atoms with E-state index >= 15 is 0 Å². The van der Waals surface area contributed by atoms with Crippen molar-refractivity contribution in [2.45, 2.75) is 0 Å². The summed E-state index contributed by atoms with van der Waals surface area (Å²) in [6.07, 6.45) is 1.35. The summed E-state index contributed by atoms with van der Waals surface area (Å²) in [6.45, 7) is 0. The van der Waals surface area contributed by atoms with Crippen molar-refractivity contribution in [3.63, 3.8) is 0 Å². The monoisotopic (exact) mass is 195 g/mol. The van der Waals surface area contributed by atoms with E-state index in [9.17, 15) is 8.78 Å². The molecule has 2 rings (SSSR count). The predicted molar refractivity (Wildman–Crippen MR) is 48.4 cm³/mol. The summed E-state index contributed by atoms with van der Waals surface area (Å²) in [5, 5.41) is 0. The van der Waals surface area contributed by atoms with Crippen LogP contribution in [-0.4, -0.2) is 9.97 Å². The summed E-state index contributed by atoms with van der Waals surface area (Å²) < 4.78 is 26.0. The van der Waals surface area contributed by atoms with Gasteiger partial charge in [-0.2, -0.15) is 0 Å². The number of H-pyrrole nitrogens is 1. The fourth-order valence-electron chi connectivity index (χ4n) is 1.15. The number of aromatic nitrogens is 2. The largest absolute Gasteiger partial charge is 0.384 e. The van der Waals surface area contributed by atoms with E-state index in [1.54, 1.807) is 0 Å². The molecule has 14 heavy (non-hydrogen) atoms. The van der Waals surface area contributed by atoms with Crippen molar-refractivity contribution in [3.8, 4) is 11.4 Å². The van der Waals surface area contributed by atoms with Crippen LogP contribution in [0.3, 0.4) is 0 Å². The number of nitrogen functional groups attached to an aromatic ring is 1. The summed E-state index contributed by atoms with van der Waals surface area (Å²) in [5.41, 5.74) is 5.44. The minimum Gasteiger partial charge on any atom is -0.384 e. The molecule has 0 radical (unpaired) electrons. The van der Waals surface area contributed by atoms with Gasteiger partial charge in [0.25, 0.3) is 0 Å². The van der Waals surface area contributed by atoms with E-state index in [0.29, 0.717) is 5.82 Å². The molecule has 0 bridgehead atoms. The molecule has 0 aliphatic carbocycles. The normalized spacial score (nSPS) is 10.4. The maximum atomic E-state index is 13.2. The van der Waals surface area contributed by atoms with Gasteiger partial charge >= 0.3 is 0 Å². The summed E-state index contributed by atoms with van der Waals surface area (Å²) in [7, 11) is 0. The minimum atomic E-state index is -0.541. The molecule has 0 atom stereocenters. The standard InChI is InChI=1S/C9H7F2N3/c10-5-1-2-7(11)6(3-5)9-13-4-8(12)14-9/h1-4H,12H2,(H,13,14). The number of aromatic amines is 1. The van der Waals surface area contributed by atoms with Gasteiger partial charge in [0.1, 0.15) is 23.3 Å². The number of nitrogens with one attached hydrogen (secondary N) is 1. The molecule has 0 spiro atoms. The van der Waals surface area contributed by atoms with Crippen molar-refractivity contribution in [1.82, 2.24) is 9.97 Å². The van der Waals surface area contributed by atoms with Crippen LogP contribution in [0.2, 0.25) is 0 Å². The molecular formula is C9H7F2N3. The molecule has 5 heteroatoms. The van der Waals surface area contributed by atoms with Gasteiger partial charge in [-0.3, -0.25) is 0 Å². The van der Waals surface area contributed by atoms with Crippen LogP contribution in [0.25, 0.3) is 11.4 Å². The van der Waals surface area contributed by atoms with Crippen LogP contribution in [-0.2, 0) is 0 Å². The minimum absolute atomic E-state index is 0.0710. The van der Waals surface area contributed by atoms with Gasteiger partial charge in [-0.05, 0) is 18.2 Å². The Balaban J connectivity index is 2.55. The lowest BCUT2D eigenvalue weighted by Gasteiger charge is -1.98. The van der Waals surface area contributed by atoms with Gasteiger partial charge in [-0.25, -0.2) is 13.8 Å². The van der Waals surface area contributed by atoms with Crippen molar-refractivity contribution in [1.29, 1.82) is 0 Å². The first kappa shape index (κ1) is 8.68. The lowest BCUT2D eigenvalue weighted by molar-refractivity contribution is 0.602. The van der Waals surface area contributed by atoms with Crippen molar-refractivity contribution >= 4 is 5.82 Å². The Kier molecular flexibility index (Phi) is 1.92. The van der Waals surface area contributed by atoms with E-state index in [2.05, 4.69) is 9.97 Å². The third-order valence-corrected chi connectivity index (χ3v) is 1.78. The molecule has 0 aliphatic rings. The van der Waals surface area contributed by atoms with Crippen LogP contribution in [0, 0.1) is 11.6 Å². The van der Waals surface area contributed by atoms with Crippen LogP contribution >= 0.6 is 0 Å². The van der Waals surface area contributed by atoms with Gasteiger partial charge in [0.05, 0.1) is 11.8 Å². The number of nitrogens with two attached hydrogens (primary N) is 1. The highest BCUT2D eigenvalue weighted by atomic mass is 19.1. The number of imidazole rings is 1. The van der Waals surface area contributed by atoms with E-state index < -0.39 is 11.6 Å². The Morgan fingerprint density at radius 2 is 2.07 bits per heavy atom. The van der Waals surface area contributed by atoms with E-state index in [1.807, 2.05) is 0 Å². The van der Waals surface area contributed by atoms with Gasteiger partial charge in [0.15, 0.2) is 0 Å². The molecule has 3 N–H and O–H groups in total. The molecule has 72 valence electrons. The molecule has 0 unspecified atom stereocenters. The highest BCUT2D eigenvalue weighted by molar-refractivity contribution is 5.57. The van der Waals surface area contributed by atoms with Crippen molar-refractivity contribution < 1.29 is 8.78 Å². The Hall–Kier alpha value is -1.91. The quantitative estimate of drug-likeness (QED) is 0.730. The molecular weight excluding hydrogens is 188 g/mol. The second-order valence-electron chi connectivity index (χ2n) is 2.81. The van der Waals surface area contributed by atoms with Crippen molar-refractivity contribution in [3.05, 3.63) is 36.0 Å². The highest BCUT2D eigenvalue weighted by Gasteiger charge is 2.08. The van der Waals surface area contributed by atoms with Crippen LogP contribution in [0.4, 0.5) is 14.6 Å². The molecule has 3 nitrogen and oxygen atoms in total. The first-order chi connectivity index (χ1) is 6.66. The number of halogens is 2. The molecule has 1 heterocycles. The van der Waals surface area contributed by atoms with E-state index in [0.717, 1.165) is 18.2 Å². The third-order valence-electron chi connectivity index (χ3n) is 1.78. The van der Waals surface area contributed by atoms with Crippen LogP contribution < -0.4 is 5.73 Å². The van der Waals surface area contributed by atoms with Gasteiger partial charge in [-0.15, -0.1) is 0 Å². The van der Waals surface area contributed by atoms with Crippen molar-refractivity contribution in [2.24, 2.45) is 0 Å². The number of hydrogen-bond donors (Lipinski definition) is 2. The summed E-state index contributed by atoms with van der Waals surface area (Å²) in [5.74, 6) is -0.528. The maximum absolute atomic E-state index is 13.2. The van der Waals surface area contributed by atoms with Gasteiger partial charge < -0.3 is 10.7 Å². The summed E-state index contributed by atoms with van der Waals surface area (Å²) in [4.78, 5) is 6.42. The number of hydrogen-bond acceptors (Lipinski definition) is 2. The van der Waals surface area contributed by atoms with E-state index in [1.165, 1.54) is 6.20 Å². The smallest absolute Gasteiger partial charge is 0.141 e. The van der Waals surface area contributed by atoms with E-state index in [-0.39, 0.29) is 11.4 Å². The average Bonchev–Trinajstić information content (AvgIpc) is 2.56. The van der Waals surface area contributed by atoms with Crippen molar-refractivity contribution in [2.75, 3.05) is 5.73 Å². The second-order valence-corrected chi connectivity index (χ2v) is 2.81. The number of anilines is 1. The molecule has 0 saturated carbocycles. The zero-order valence-corrected chi connectivity index (χ0v) is 7.09. The fourth-order valence-corrected chi connectivity index (χ4v) is 1.15. The first-order valence-electron chi connectivity index (χ1n) is 3.93. The molecule has 1 aromatic heterocycles. The van der Waals surface area contributed by atoms with Gasteiger partial charge in [0.2, 0.25) is 0 Å². The van der Waals surface area contributed by atoms with Crippen LogP contribution in [0.5, 0.6) is 0 Å². The van der Waals surface area contributed by atoms with E-state index in [4.69, 9.17) is 5.73 Å². The van der Waals surface area contributed by atoms with Crippen LogP contribution in [0.15, 0.2) is 24.4 Å². The number of nitrogens with zero attached hydrogens (tertiary/aromatic N) is 1. The average molecular weight is 195 g/mol. The fraction of sp³-hybridized carbons (Fsp3) is 0. The molecule has 1 aromatic carbocycles. The third kappa shape index (κ3) is 1.44. The zero-order valence-electron chi connectivity index (χ0n) is 7.09.